The molecular weight excluding hydrogens is 446 g/mol. The third-order valence-electron chi connectivity index (χ3n) is 7.24. The van der Waals surface area contributed by atoms with Crippen molar-refractivity contribution in [3.05, 3.63) is 23.3 Å². The number of nitrogens with two attached hydrogens (primary N) is 1. The number of carbonyl (C=O) groups is 6. The summed E-state index contributed by atoms with van der Waals surface area (Å²) in [6.07, 6.45) is 0.151. The maximum atomic E-state index is 13.6. The van der Waals surface area contributed by atoms with Crippen LogP contribution in [0.15, 0.2) is 12.1 Å². The lowest BCUT2D eigenvalue weighted by Gasteiger charge is -2.52. The van der Waals surface area contributed by atoms with Gasteiger partial charge < -0.3 is 21.3 Å². The summed E-state index contributed by atoms with van der Waals surface area (Å²) in [5.74, 6) is -11.6. The first-order valence-corrected chi connectivity index (χ1v) is 10.8. The summed E-state index contributed by atoms with van der Waals surface area (Å²) in [4.78, 5) is 78.1. The fourth-order valence-corrected chi connectivity index (χ4v) is 5.87. The first-order valence-electron chi connectivity index (χ1n) is 10.8. The molecule has 11 heteroatoms. The number of Topliss-reactive ketones (excluding diaryl/α,β-unsaturated/α-hetero) is 4. The number of phenols is 1. The number of anilines is 1. The number of nitrogens with one attached hydrogen (secondary N) is 1. The van der Waals surface area contributed by atoms with Gasteiger partial charge in [0.2, 0.25) is 11.8 Å². The number of hydrogen-bond donors (Lipinski definition) is 4. The Kier molecular flexibility index (Phi) is 5.45. The largest absolute Gasteiger partial charge is 0.505 e. The predicted octanol–water partition coefficient (Wildman–Crippen LogP) is -1.17. The van der Waals surface area contributed by atoms with Gasteiger partial charge in [0.1, 0.15) is 5.75 Å². The molecule has 2 fully saturated rings. The number of carbonyl (C=O) groups excluding carboxylic acids is 6. The summed E-state index contributed by atoms with van der Waals surface area (Å²) >= 11 is 0. The molecule has 34 heavy (non-hydrogen) atoms. The summed E-state index contributed by atoms with van der Waals surface area (Å²) in [5.41, 5.74) is 2.78. The molecule has 4 rings (SSSR count). The van der Waals surface area contributed by atoms with Gasteiger partial charge in [-0.15, -0.1) is 0 Å². The predicted molar refractivity (Wildman–Crippen MR) is 116 cm³/mol. The molecule has 3 aliphatic carbocycles. The van der Waals surface area contributed by atoms with Gasteiger partial charge in [0.05, 0.1) is 23.2 Å². The first-order chi connectivity index (χ1) is 15.8. The van der Waals surface area contributed by atoms with E-state index in [9.17, 15) is 39.0 Å². The molecule has 0 aliphatic heterocycles. The van der Waals surface area contributed by atoms with Crippen LogP contribution < -0.4 is 11.1 Å². The zero-order chi connectivity index (χ0) is 25.3. The van der Waals surface area contributed by atoms with Crippen LogP contribution in [0.4, 0.5) is 5.69 Å². The van der Waals surface area contributed by atoms with E-state index < -0.39 is 76.0 Å². The zero-order valence-corrected chi connectivity index (χ0v) is 18.8. The van der Waals surface area contributed by atoms with Crippen LogP contribution in [0.2, 0.25) is 0 Å². The van der Waals surface area contributed by atoms with Gasteiger partial charge in [-0.3, -0.25) is 33.7 Å². The fourth-order valence-electron chi connectivity index (χ4n) is 5.87. The Morgan fingerprint density at radius 1 is 1.15 bits per heavy atom. The van der Waals surface area contributed by atoms with E-state index in [0.29, 0.717) is 5.56 Å². The molecular formula is C23H25N3O8. The second-order valence-electron chi connectivity index (χ2n) is 9.47. The minimum Gasteiger partial charge on any atom is -0.505 e. The first kappa shape index (κ1) is 23.7. The lowest BCUT2D eigenvalue weighted by atomic mass is 9.52. The third kappa shape index (κ3) is 3.11. The Morgan fingerprint density at radius 2 is 1.79 bits per heavy atom. The summed E-state index contributed by atoms with van der Waals surface area (Å²) < 4.78 is 0. The number of hydrogen-bond acceptors (Lipinski definition) is 9. The van der Waals surface area contributed by atoms with Gasteiger partial charge in [-0.1, -0.05) is 6.07 Å². The van der Waals surface area contributed by atoms with Crippen molar-refractivity contribution in [3.63, 3.8) is 0 Å². The number of benzene rings is 1. The van der Waals surface area contributed by atoms with Crippen LogP contribution in [0.5, 0.6) is 5.75 Å². The van der Waals surface area contributed by atoms with Crippen LogP contribution in [-0.2, 0) is 30.4 Å². The van der Waals surface area contributed by atoms with Crippen LogP contribution >= 0.6 is 0 Å². The van der Waals surface area contributed by atoms with E-state index in [1.165, 1.54) is 32.0 Å². The Hall–Kier alpha value is -3.44. The van der Waals surface area contributed by atoms with Crippen molar-refractivity contribution in [2.75, 3.05) is 19.4 Å². The number of aliphatic hydroxyl groups is 1. The van der Waals surface area contributed by atoms with E-state index in [1.807, 2.05) is 0 Å². The highest BCUT2D eigenvalue weighted by Crippen LogP contribution is 2.51. The lowest BCUT2D eigenvalue weighted by Crippen LogP contribution is -2.74. The zero-order valence-electron chi connectivity index (χ0n) is 18.8. The van der Waals surface area contributed by atoms with Crippen LogP contribution in [0.3, 0.4) is 0 Å². The number of amides is 2. The van der Waals surface area contributed by atoms with Crippen molar-refractivity contribution in [2.45, 2.75) is 31.4 Å². The number of aromatic hydroxyl groups is 1. The van der Waals surface area contributed by atoms with Crippen LogP contribution in [-0.4, -0.2) is 75.8 Å². The molecule has 0 spiro atoms. The van der Waals surface area contributed by atoms with Crippen LogP contribution in [0.25, 0.3) is 0 Å². The average Bonchev–Trinajstić information content (AvgIpc) is 2.72. The second kappa shape index (κ2) is 7.81. The van der Waals surface area contributed by atoms with Crippen LogP contribution in [0, 0.1) is 23.7 Å². The Bertz CT molecular complexity index is 1170. The molecule has 3 aliphatic rings. The number of fused-ring (bicyclic) bond motifs is 3. The Balaban J connectivity index is 1.84. The molecule has 2 amide bonds. The Labute approximate surface area is 194 Å². The molecule has 0 aromatic heterocycles. The number of nitrogens with zero attached hydrogens (tertiary/aromatic N) is 1. The quantitative estimate of drug-likeness (QED) is 0.311. The summed E-state index contributed by atoms with van der Waals surface area (Å²) in [6, 6.07) is 1.86. The highest BCUT2D eigenvalue weighted by atomic mass is 16.3. The van der Waals surface area contributed by atoms with E-state index in [4.69, 9.17) is 5.73 Å². The number of ketones is 4. The van der Waals surface area contributed by atoms with E-state index in [2.05, 4.69) is 5.32 Å². The van der Waals surface area contributed by atoms with Crippen molar-refractivity contribution in [2.24, 2.45) is 29.4 Å². The molecule has 0 heterocycles. The minimum atomic E-state index is -2.76. The molecule has 0 bridgehead atoms. The minimum absolute atomic E-state index is 0.0151. The number of primary amides is 1. The molecule has 5 N–H and O–H groups in total. The van der Waals surface area contributed by atoms with E-state index >= 15 is 0 Å². The molecule has 0 radical (unpaired) electrons. The molecule has 11 nitrogen and oxygen atoms in total. The van der Waals surface area contributed by atoms with Gasteiger partial charge >= 0.3 is 0 Å². The van der Waals surface area contributed by atoms with Crippen molar-refractivity contribution in [1.82, 2.24) is 4.90 Å². The van der Waals surface area contributed by atoms with Crippen molar-refractivity contribution < 1.29 is 39.0 Å². The highest BCUT2D eigenvalue weighted by Gasteiger charge is 2.69. The Morgan fingerprint density at radius 3 is 2.35 bits per heavy atom. The van der Waals surface area contributed by atoms with Gasteiger partial charge in [0.25, 0.3) is 0 Å². The molecule has 1 aromatic carbocycles. The van der Waals surface area contributed by atoms with Gasteiger partial charge in [-0.05, 0) is 44.5 Å². The molecule has 0 saturated heterocycles. The summed E-state index contributed by atoms with van der Waals surface area (Å²) in [7, 11) is 3.05. The molecule has 6 atom stereocenters. The van der Waals surface area contributed by atoms with Crippen molar-refractivity contribution in [1.29, 1.82) is 0 Å². The smallest absolute Gasteiger partial charge is 0.235 e. The van der Waals surface area contributed by atoms with E-state index in [0.717, 1.165) is 0 Å². The van der Waals surface area contributed by atoms with Gasteiger partial charge in [-0.2, -0.15) is 0 Å². The standard InChI is InChI=1S/C23H25N3O8/c1-8(27)25-12-5-4-9-6-10-7-11-16(26(2)3)19(30)15(22(24)33)21(32)23(11,34)20(31)14(10)18(29)13(9)17(12)28/h4-5,10-11,14-16,28,34H,6-7H2,1-3H3,(H2,24,33)(H,25,27)/t10?,11?,14?,15?,16-,23-/m0/s1. The fraction of sp³-hybridized carbons (Fsp3) is 0.478. The molecule has 2 saturated carbocycles. The topological polar surface area (TPSA) is 184 Å². The van der Waals surface area contributed by atoms with Crippen molar-refractivity contribution in [3.8, 4) is 5.75 Å². The maximum absolute atomic E-state index is 13.6. The van der Waals surface area contributed by atoms with E-state index in [1.54, 1.807) is 6.07 Å². The van der Waals surface area contributed by atoms with E-state index in [-0.39, 0.29) is 24.1 Å². The molecule has 1 aromatic rings. The van der Waals surface area contributed by atoms with Gasteiger partial charge in [0.15, 0.2) is 34.7 Å². The molecule has 4 unspecified atom stereocenters. The number of rotatable bonds is 3. The monoisotopic (exact) mass is 471 g/mol. The number of phenolic OH excluding ortho intramolecular Hbond substituents is 1. The molecule has 180 valence electrons. The van der Waals surface area contributed by atoms with Gasteiger partial charge in [-0.25, -0.2) is 0 Å². The normalized spacial score (nSPS) is 32.7. The third-order valence-corrected chi connectivity index (χ3v) is 7.24. The number of likely N-dealkylation sites (N-methyl/N-ethyl adjacent to an activating group) is 1. The second-order valence-corrected chi connectivity index (χ2v) is 9.47. The average molecular weight is 471 g/mol. The maximum Gasteiger partial charge on any atom is 0.235 e. The van der Waals surface area contributed by atoms with Gasteiger partial charge in [0, 0.05) is 12.8 Å². The lowest BCUT2D eigenvalue weighted by molar-refractivity contribution is -0.181. The van der Waals surface area contributed by atoms with Crippen LogP contribution in [0.1, 0.15) is 29.3 Å². The SMILES string of the molecule is CC(=O)Nc1ccc2c(c1O)C(=O)C1C(=O)[C@]3(O)C(=O)C(C(N)=O)C(=O)[C@@H](N(C)C)C3CC1C2. The van der Waals surface area contributed by atoms with Crippen molar-refractivity contribution >= 4 is 40.6 Å². The summed E-state index contributed by atoms with van der Waals surface area (Å²) in [6.45, 7) is 1.23. The highest BCUT2D eigenvalue weighted by molar-refractivity contribution is 6.32. The summed E-state index contributed by atoms with van der Waals surface area (Å²) in [5, 5.41) is 24.5.